The molecule has 2 nitrogen and oxygen atoms in total. The molecule has 18 heavy (non-hydrogen) atoms. The number of nitrogens with zero attached hydrogens (tertiary/aromatic N) is 1. The minimum absolute atomic E-state index is 0. The van der Waals surface area contributed by atoms with Gasteiger partial charge in [0.25, 0.3) is 0 Å². The van der Waals surface area contributed by atoms with Crippen LogP contribution in [0.4, 0.5) is 5.69 Å². The minimum atomic E-state index is 0. The summed E-state index contributed by atoms with van der Waals surface area (Å²) in [6, 6.07) is 8.92. The Labute approximate surface area is 118 Å². The highest BCUT2D eigenvalue weighted by atomic mass is 35.5. The Morgan fingerprint density at radius 3 is 2.06 bits per heavy atom. The fraction of sp³-hybridized carbons (Fsp3) is 0.600. The highest BCUT2D eigenvalue weighted by Crippen LogP contribution is 2.21. The molecule has 0 spiro atoms. The molecule has 3 heteroatoms. The lowest BCUT2D eigenvalue weighted by Crippen LogP contribution is -2.21. The van der Waals surface area contributed by atoms with Crippen LogP contribution in [-0.2, 0) is 0 Å². The summed E-state index contributed by atoms with van der Waals surface area (Å²) in [7, 11) is 0. The van der Waals surface area contributed by atoms with Crippen LogP contribution in [0.25, 0.3) is 0 Å². The van der Waals surface area contributed by atoms with Crippen LogP contribution in [0.15, 0.2) is 24.3 Å². The third kappa shape index (κ3) is 4.87. The lowest BCUT2D eigenvalue weighted by atomic mass is 10.0. The van der Waals surface area contributed by atoms with E-state index < -0.39 is 0 Å². The van der Waals surface area contributed by atoms with Crippen LogP contribution in [0, 0.1) is 0 Å². The Kier molecular flexibility index (Phi) is 8.86. The molecule has 1 aromatic rings. The van der Waals surface area contributed by atoms with Gasteiger partial charge in [0.05, 0.1) is 0 Å². The molecule has 0 radical (unpaired) electrons. The molecule has 0 saturated carbocycles. The Hall–Kier alpha value is -0.730. The number of rotatable bonds is 7. The van der Waals surface area contributed by atoms with Gasteiger partial charge in [-0.05, 0) is 38.0 Å². The number of unbranched alkanes of at least 4 members (excludes halogenated alkanes) is 1. The van der Waals surface area contributed by atoms with Gasteiger partial charge in [0.1, 0.15) is 0 Å². The molecule has 0 bridgehead atoms. The molecule has 0 amide bonds. The molecule has 0 fully saturated rings. The fourth-order valence-corrected chi connectivity index (χ4v) is 2.11. The van der Waals surface area contributed by atoms with Crippen molar-refractivity contribution in [3.05, 3.63) is 29.8 Å². The average molecular weight is 271 g/mol. The van der Waals surface area contributed by atoms with Gasteiger partial charge in [-0.25, -0.2) is 0 Å². The van der Waals surface area contributed by atoms with Gasteiger partial charge >= 0.3 is 0 Å². The van der Waals surface area contributed by atoms with Crippen molar-refractivity contribution >= 4 is 18.1 Å². The van der Waals surface area contributed by atoms with Gasteiger partial charge in [0.2, 0.25) is 0 Å². The Morgan fingerprint density at radius 2 is 1.61 bits per heavy atom. The van der Waals surface area contributed by atoms with E-state index in [4.69, 9.17) is 5.73 Å². The highest BCUT2D eigenvalue weighted by Gasteiger charge is 2.06. The summed E-state index contributed by atoms with van der Waals surface area (Å²) >= 11 is 0. The maximum atomic E-state index is 6.16. The maximum absolute atomic E-state index is 6.16. The molecule has 2 N–H and O–H groups in total. The van der Waals surface area contributed by atoms with Crippen molar-refractivity contribution in [2.75, 3.05) is 18.0 Å². The molecular weight excluding hydrogens is 244 g/mol. The second kappa shape index (κ2) is 9.23. The second-order valence-electron chi connectivity index (χ2n) is 4.51. The molecule has 0 aliphatic heterocycles. The van der Waals surface area contributed by atoms with Gasteiger partial charge in [-0.2, -0.15) is 0 Å². The van der Waals surface area contributed by atoms with Crippen LogP contribution in [-0.4, -0.2) is 13.1 Å². The molecule has 0 aliphatic carbocycles. The molecule has 0 aromatic heterocycles. The van der Waals surface area contributed by atoms with E-state index in [1.54, 1.807) is 0 Å². The standard InChI is InChI=1S/C15H26N2.ClH/c1-4-7-8-15(16)13-9-11-14(12-10-13)17(5-2)6-3;/h9-12,15H,4-8,16H2,1-3H3;1H/t15-;/m1./s1. The van der Waals surface area contributed by atoms with Crippen molar-refractivity contribution in [3.63, 3.8) is 0 Å². The maximum Gasteiger partial charge on any atom is 0.0366 e. The van der Waals surface area contributed by atoms with Crippen LogP contribution in [0.3, 0.4) is 0 Å². The predicted molar refractivity (Wildman–Crippen MR) is 83.7 cm³/mol. The summed E-state index contributed by atoms with van der Waals surface area (Å²) in [4.78, 5) is 2.35. The average Bonchev–Trinajstić information content (AvgIpc) is 2.38. The molecule has 0 heterocycles. The first-order valence-electron chi connectivity index (χ1n) is 6.83. The molecular formula is C15H27ClN2. The zero-order valence-electron chi connectivity index (χ0n) is 11.9. The van der Waals surface area contributed by atoms with E-state index >= 15 is 0 Å². The summed E-state index contributed by atoms with van der Waals surface area (Å²) in [6.07, 6.45) is 3.51. The van der Waals surface area contributed by atoms with Crippen LogP contribution < -0.4 is 10.6 Å². The Balaban J connectivity index is 0.00000289. The second-order valence-corrected chi connectivity index (χ2v) is 4.51. The topological polar surface area (TPSA) is 29.3 Å². The van der Waals surface area contributed by atoms with E-state index in [9.17, 15) is 0 Å². The number of hydrogen-bond donors (Lipinski definition) is 1. The van der Waals surface area contributed by atoms with E-state index in [-0.39, 0.29) is 18.4 Å². The predicted octanol–water partition coefficient (Wildman–Crippen LogP) is 4.14. The first-order chi connectivity index (χ1) is 8.22. The summed E-state index contributed by atoms with van der Waals surface area (Å²) < 4.78 is 0. The normalized spacial score (nSPS) is 11.8. The molecule has 104 valence electrons. The molecule has 1 aromatic carbocycles. The van der Waals surface area contributed by atoms with Crippen LogP contribution in [0.2, 0.25) is 0 Å². The zero-order chi connectivity index (χ0) is 12.7. The Bertz CT molecular complexity index is 307. The van der Waals surface area contributed by atoms with Crippen molar-refractivity contribution in [2.24, 2.45) is 5.73 Å². The van der Waals surface area contributed by atoms with E-state index in [0.29, 0.717) is 0 Å². The van der Waals surface area contributed by atoms with Gasteiger partial charge < -0.3 is 10.6 Å². The summed E-state index contributed by atoms with van der Waals surface area (Å²) in [5.41, 5.74) is 8.71. The number of anilines is 1. The summed E-state index contributed by atoms with van der Waals surface area (Å²) in [5, 5.41) is 0. The van der Waals surface area contributed by atoms with Crippen molar-refractivity contribution in [1.29, 1.82) is 0 Å². The van der Waals surface area contributed by atoms with Gasteiger partial charge in [0.15, 0.2) is 0 Å². The van der Waals surface area contributed by atoms with Crippen molar-refractivity contribution in [2.45, 2.75) is 46.1 Å². The van der Waals surface area contributed by atoms with E-state index in [0.717, 1.165) is 19.5 Å². The SMILES string of the molecule is CCCC[C@@H](N)c1ccc(N(CC)CC)cc1.Cl. The van der Waals surface area contributed by atoms with E-state index in [1.165, 1.54) is 24.1 Å². The third-order valence-corrected chi connectivity index (χ3v) is 3.32. The minimum Gasteiger partial charge on any atom is -0.372 e. The number of benzene rings is 1. The van der Waals surface area contributed by atoms with E-state index in [2.05, 4.69) is 49.9 Å². The molecule has 0 unspecified atom stereocenters. The van der Waals surface area contributed by atoms with Gasteiger partial charge in [0, 0.05) is 24.8 Å². The van der Waals surface area contributed by atoms with Gasteiger partial charge in [-0.3, -0.25) is 0 Å². The smallest absolute Gasteiger partial charge is 0.0366 e. The number of hydrogen-bond acceptors (Lipinski definition) is 2. The first-order valence-corrected chi connectivity index (χ1v) is 6.83. The van der Waals surface area contributed by atoms with Crippen molar-refractivity contribution in [3.8, 4) is 0 Å². The number of halogens is 1. The zero-order valence-corrected chi connectivity index (χ0v) is 12.7. The Morgan fingerprint density at radius 1 is 1.06 bits per heavy atom. The summed E-state index contributed by atoms with van der Waals surface area (Å²) in [5.74, 6) is 0. The molecule has 1 atom stereocenters. The van der Waals surface area contributed by atoms with Crippen LogP contribution >= 0.6 is 12.4 Å². The molecule has 1 rings (SSSR count). The van der Waals surface area contributed by atoms with E-state index in [1.807, 2.05) is 0 Å². The lowest BCUT2D eigenvalue weighted by Gasteiger charge is -2.21. The van der Waals surface area contributed by atoms with Gasteiger partial charge in [-0.15, -0.1) is 12.4 Å². The number of nitrogens with two attached hydrogens (primary N) is 1. The molecule has 0 aliphatic rings. The largest absolute Gasteiger partial charge is 0.372 e. The third-order valence-electron chi connectivity index (χ3n) is 3.32. The lowest BCUT2D eigenvalue weighted by molar-refractivity contribution is 0.603. The summed E-state index contributed by atoms with van der Waals surface area (Å²) in [6.45, 7) is 8.68. The monoisotopic (exact) mass is 270 g/mol. The molecule has 0 saturated heterocycles. The van der Waals surface area contributed by atoms with Crippen LogP contribution in [0.5, 0.6) is 0 Å². The van der Waals surface area contributed by atoms with Gasteiger partial charge in [-0.1, -0.05) is 31.9 Å². The quantitative estimate of drug-likeness (QED) is 0.807. The van der Waals surface area contributed by atoms with Crippen molar-refractivity contribution in [1.82, 2.24) is 0 Å². The fourth-order valence-electron chi connectivity index (χ4n) is 2.11. The highest BCUT2D eigenvalue weighted by molar-refractivity contribution is 5.85. The van der Waals surface area contributed by atoms with Crippen molar-refractivity contribution < 1.29 is 0 Å². The van der Waals surface area contributed by atoms with Crippen LogP contribution in [0.1, 0.15) is 51.6 Å². The first kappa shape index (κ1) is 17.3.